The monoisotopic (exact) mass is 554 g/mol. The molecule has 3 heterocycles. The van der Waals surface area contributed by atoms with Gasteiger partial charge in [-0.1, -0.05) is 85.8 Å². The van der Waals surface area contributed by atoms with Crippen molar-refractivity contribution < 1.29 is 0 Å². The number of aryl methyl sites for hydroxylation is 1. The van der Waals surface area contributed by atoms with Gasteiger partial charge in [-0.2, -0.15) is 0 Å². The number of benzene rings is 3. The summed E-state index contributed by atoms with van der Waals surface area (Å²) in [5, 5.41) is 5.85. The fourth-order valence-corrected chi connectivity index (χ4v) is 6.55. The van der Waals surface area contributed by atoms with Crippen LogP contribution in [-0.2, 0) is 12.2 Å². The summed E-state index contributed by atoms with van der Waals surface area (Å²) in [6, 6.07) is 31.6. The van der Waals surface area contributed by atoms with Crippen LogP contribution in [0.2, 0.25) is 0 Å². The Hall–Kier alpha value is -4.35. The second-order valence-electron chi connectivity index (χ2n) is 10.3. The molecule has 2 N–H and O–H groups in total. The van der Waals surface area contributed by atoms with Gasteiger partial charge in [0.1, 0.15) is 5.04 Å². The highest BCUT2D eigenvalue weighted by Crippen LogP contribution is 2.37. The third-order valence-electron chi connectivity index (χ3n) is 7.64. The fourth-order valence-electron chi connectivity index (χ4n) is 5.58. The zero-order chi connectivity index (χ0) is 28.2. The molecule has 204 valence electrons. The van der Waals surface area contributed by atoms with E-state index in [1.165, 1.54) is 28.0 Å². The molecule has 0 bridgehead atoms. The number of anilines is 1. The molecule has 5 aromatic rings. The van der Waals surface area contributed by atoms with E-state index in [1.54, 1.807) is 11.8 Å². The molecular weight excluding hydrogens is 520 g/mol. The minimum absolute atomic E-state index is 0.658. The van der Waals surface area contributed by atoms with Crippen molar-refractivity contribution in [2.24, 2.45) is 4.99 Å². The summed E-state index contributed by atoms with van der Waals surface area (Å²) >= 11 is 1.79. The molecule has 1 aliphatic rings. The Kier molecular flexibility index (Phi) is 7.88. The highest BCUT2D eigenvalue weighted by molar-refractivity contribution is 8.13. The van der Waals surface area contributed by atoms with Crippen molar-refractivity contribution in [2.75, 3.05) is 11.9 Å². The molecule has 6 rings (SSSR count). The lowest BCUT2D eigenvalue weighted by molar-refractivity contribution is 1.08. The maximum atomic E-state index is 5.31. The van der Waals surface area contributed by atoms with Crippen LogP contribution in [0.5, 0.6) is 0 Å². The third-order valence-corrected chi connectivity index (χ3v) is 8.75. The number of thioether (sulfide) groups is 1. The quantitative estimate of drug-likeness (QED) is 0.201. The Morgan fingerprint density at radius 3 is 2.39 bits per heavy atom. The molecule has 0 spiro atoms. The number of H-pyrrole nitrogens is 1. The van der Waals surface area contributed by atoms with E-state index in [-0.39, 0.29) is 0 Å². The first kappa shape index (κ1) is 26.9. The number of aromatic nitrogens is 2. The van der Waals surface area contributed by atoms with Gasteiger partial charge in [-0.05, 0) is 60.7 Å². The third kappa shape index (κ3) is 5.63. The van der Waals surface area contributed by atoms with Gasteiger partial charge < -0.3 is 10.3 Å². The largest absolute Gasteiger partial charge is 0.379 e. The summed E-state index contributed by atoms with van der Waals surface area (Å²) in [5.41, 5.74) is 12.8. The Bertz CT molecular complexity index is 1770. The first-order chi connectivity index (χ1) is 20.1. The Morgan fingerprint density at radius 1 is 0.878 bits per heavy atom. The van der Waals surface area contributed by atoms with Gasteiger partial charge in [0.05, 0.1) is 22.6 Å². The number of para-hydroxylation sites is 1. The van der Waals surface area contributed by atoms with Crippen molar-refractivity contribution >= 4 is 39.0 Å². The number of aromatic amines is 1. The zero-order valence-corrected chi connectivity index (χ0v) is 24.6. The van der Waals surface area contributed by atoms with Crippen LogP contribution in [0.1, 0.15) is 40.6 Å². The van der Waals surface area contributed by atoms with Crippen LogP contribution < -0.4 is 5.32 Å². The average molecular weight is 555 g/mol. The lowest BCUT2D eigenvalue weighted by atomic mass is 9.96. The topological polar surface area (TPSA) is 53.1 Å². The molecule has 0 fully saturated rings. The number of fused-ring (bicyclic) bond motifs is 1. The lowest BCUT2D eigenvalue weighted by Gasteiger charge is -2.11. The van der Waals surface area contributed by atoms with E-state index in [2.05, 4.69) is 127 Å². The molecule has 0 radical (unpaired) electrons. The number of hydrogen-bond donors (Lipinski definition) is 2. The number of aliphatic imine (C=N–C) groups is 1. The van der Waals surface area contributed by atoms with Crippen molar-refractivity contribution in [3.63, 3.8) is 0 Å². The van der Waals surface area contributed by atoms with Crippen molar-refractivity contribution in [3.8, 4) is 0 Å². The summed E-state index contributed by atoms with van der Waals surface area (Å²) in [6.07, 6.45) is 5.11. The van der Waals surface area contributed by atoms with Crippen molar-refractivity contribution in [2.45, 2.75) is 32.9 Å². The zero-order valence-electron chi connectivity index (χ0n) is 23.7. The predicted molar refractivity (Wildman–Crippen MR) is 176 cm³/mol. The number of allylic oxidation sites excluding steroid dienone is 1. The van der Waals surface area contributed by atoms with Gasteiger partial charge in [-0.3, -0.25) is 4.98 Å². The minimum atomic E-state index is 0.658. The highest BCUT2D eigenvalue weighted by Gasteiger charge is 2.23. The van der Waals surface area contributed by atoms with E-state index >= 15 is 0 Å². The van der Waals surface area contributed by atoms with Gasteiger partial charge in [-0.15, -0.1) is 11.8 Å². The second-order valence-corrected chi connectivity index (χ2v) is 11.3. The molecule has 0 saturated carbocycles. The Balaban J connectivity index is 1.43. The summed E-state index contributed by atoms with van der Waals surface area (Å²) < 4.78 is 0. The fraction of sp³-hybridized carbons (Fsp3) is 0.167. The van der Waals surface area contributed by atoms with E-state index in [4.69, 9.17) is 4.99 Å². The molecule has 0 amide bonds. The molecule has 1 aliphatic heterocycles. The van der Waals surface area contributed by atoms with E-state index in [1.807, 2.05) is 12.3 Å². The summed E-state index contributed by atoms with van der Waals surface area (Å²) in [7, 11) is 0. The number of nitrogens with zero attached hydrogens (tertiary/aromatic N) is 2. The van der Waals surface area contributed by atoms with E-state index in [0.29, 0.717) is 6.54 Å². The first-order valence-corrected chi connectivity index (χ1v) is 15.1. The Labute approximate surface area is 246 Å². The van der Waals surface area contributed by atoms with Crippen LogP contribution in [0.25, 0.3) is 16.5 Å². The SMILES string of the molecule is CCc1c(C)[nH]c(/C(=C2/C=C(CNc3cccc4cccnc34)C(SCc3ccccc3)=N2)c2ccccc2)c1C. The molecular formula is C36H34N4S. The van der Waals surface area contributed by atoms with Gasteiger partial charge in [0.15, 0.2) is 0 Å². The van der Waals surface area contributed by atoms with Crippen LogP contribution in [0.15, 0.2) is 120 Å². The van der Waals surface area contributed by atoms with E-state index in [9.17, 15) is 0 Å². The van der Waals surface area contributed by atoms with Crippen molar-refractivity contribution in [1.29, 1.82) is 0 Å². The lowest BCUT2D eigenvalue weighted by Crippen LogP contribution is -2.09. The van der Waals surface area contributed by atoms with Gasteiger partial charge in [0.25, 0.3) is 0 Å². The van der Waals surface area contributed by atoms with Crippen LogP contribution in [0, 0.1) is 13.8 Å². The van der Waals surface area contributed by atoms with E-state index < -0.39 is 0 Å². The van der Waals surface area contributed by atoms with Gasteiger partial charge in [-0.25, -0.2) is 4.99 Å². The van der Waals surface area contributed by atoms with Crippen LogP contribution in [-0.4, -0.2) is 21.6 Å². The van der Waals surface area contributed by atoms with Crippen molar-refractivity contribution in [3.05, 3.63) is 148 Å². The average Bonchev–Trinajstić information content (AvgIpc) is 3.54. The maximum absolute atomic E-state index is 5.31. The molecule has 3 aromatic carbocycles. The van der Waals surface area contributed by atoms with Gasteiger partial charge in [0.2, 0.25) is 0 Å². The minimum Gasteiger partial charge on any atom is -0.379 e. The molecule has 0 aliphatic carbocycles. The van der Waals surface area contributed by atoms with E-state index in [0.717, 1.165) is 56.3 Å². The molecule has 5 heteroatoms. The molecule has 2 aromatic heterocycles. The summed E-state index contributed by atoms with van der Waals surface area (Å²) in [4.78, 5) is 13.7. The van der Waals surface area contributed by atoms with Crippen molar-refractivity contribution in [1.82, 2.24) is 9.97 Å². The van der Waals surface area contributed by atoms with Crippen LogP contribution >= 0.6 is 11.8 Å². The Morgan fingerprint density at radius 2 is 1.63 bits per heavy atom. The standard InChI is InChI=1S/C36H34N4S/c1-4-30-24(2)34(39-25(30)3)33(27-15-9-6-10-16-27)32-21-29(36(40-32)41-23-26-13-7-5-8-14-26)22-38-31-19-11-17-28-18-12-20-37-35(28)31/h5-21,38-39H,4,22-23H2,1-3H3/b33-32-. The number of hydrogen-bond acceptors (Lipinski definition) is 4. The molecule has 0 atom stereocenters. The smallest absolute Gasteiger partial charge is 0.102 e. The maximum Gasteiger partial charge on any atom is 0.102 e. The molecule has 0 unspecified atom stereocenters. The molecule has 0 saturated heterocycles. The molecule has 41 heavy (non-hydrogen) atoms. The summed E-state index contributed by atoms with van der Waals surface area (Å²) in [5.74, 6) is 0.863. The molecule has 4 nitrogen and oxygen atoms in total. The summed E-state index contributed by atoms with van der Waals surface area (Å²) in [6.45, 7) is 7.28. The van der Waals surface area contributed by atoms with Gasteiger partial charge >= 0.3 is 0 Å². The highest BCUT2D eigenvalue weighted by atomic mass is 32.2. The van der Waals surface area contributed by atoms with Gasteiger partial charge in [0, 0.05) is 40.7 Å². The number of nitrogens with one attached hydrogen (secondary N) is 2. The van der Waals surface area contributed by atoms with Crippen LogP contribution in [0.4, 0.5) is 5.69 Å². The normalized spacial score (nSPS) is 14.2. The number of pyridine rings is 1. The van der Waals surface area contributed by atoms with Crippen LogP contribution in [0.3, 0.4) is 0 Å². The first-order valence-electron chi connectivity index (χ1n) is 14.1. The second kappa shape index (κ2) is 12.0. The number of rotatable bonds is 8. The predicted octanol–water partition coefficient (Wildman–Crippen LogP) is 8.89.